The zero-order valence-corrected chi connectivity index (χ0v) is 8.57. The van der Waals surface area contributed by atoms with Crippen LogP contribution in [0.3, 0.4) is 0 Å². The third-order valence-corrected chi connectivity index (χ3v) is 2.27. The Bertz CT molecular complexity index is 258. The van der Waals surface area contributed by atoms with E-state index >= 15 is 0 Å². The summed E-state index contributed by atoms with van der Waals surface area (Å²) in [6, 6.07) is 10.3. The molecule has 0 saturated carbocycles. The minimum Gasteiger partial charge on any atom is -0.381 e. The smallest absolute Gasteiger partial charge is 0.0615 e. The second-order valence-corrected chi connectivity index (χ2v) is 3.33. The minimum atomic E-state index is 0.235. The molecule has 76 valence electrons. The highest BCUT2D eigenvalue weighted by molar-refractivity contribution is 5.52. The van der Waals surface area contributed by atoms with Crippen molar-refractivity contribution in [2.75, 3.05) is 7.11 Å². The number of nitrogens with one attached hydrogen (secondary N) is 1. The van der Waals surface area contributed by atoms with Gasteiger partial charge in [-0.25, -0.2) is 0 Å². The first-order valence-corrected chi connectivity index (χ1v) is 4.92. The van der Waals surface area contributed by atoms with E-state index in [9.17, 15) is 0 Å². The Morgan fingerprint density at radius 2 is 2.07 bits per heavy atom. The Balaban J connectivity index is 2.44. The van der Waals surface area contributed by atoms with Crippen molar-refractivity contribution in [2.45, 2.75) is 25.4 Å². The number of ether oxygens (including phenoxy) is 1. The van der Waals surface area contributed by atoms with Gasteiger partial charge in [0.1, 0.15) is 0 Å². The van der Waals surface area contributed by atoms with Crippen LogP contribution in [0.5, 0.6) is 0 Å². The lowest BCUT2D eigenvalue weighted by Crippen LogP contribution is -2.13. The van der Waals surface area contributed by atoms with Gasteiger partial charge in [0.05, 0.1) is 6.10 Å². The quantitative estimate of drug-likeness (QED) is 0.689. The van der Waals surface area contributed by atoms with E-state index in [1.807, 2.05) is 18.2 Å². The Morgan fingerprint density at radius 3 is 2.64 bits per heavy atom. The molecule has 0 aliphatic heterocycles. The molecule has 0 aliphatic carbocycles. The number of hydrogen-bond donors (Lipinski definition) is 1. The second-order valence-electron chi connectivity index (χ2n) is 3.33. The first kappa shape index (κ1) is 10.9. The van der Waals surface area contributed by atoms with Gasteiger partial charge in [-0.2, -0.15) is 0 Å². The van der Waals surface area contributed by atoms with Crippen LogP contribution in [0.4, 0.5) is 0 Å². The van der Waals surface area contributed by atoms with Crippen molar-refractivity contribution in [3.8, 4) is 0 Å². The van der Waals surface area contributed by atoms with E-state index in [4.69, 9.17) is 10.1 Å². The maximum atomic E-state index is 6.97. The fraction of sp³-hybridized carbons (Fsp3) is 0.417. The zero-order valence-electron chi connectivity index (χ0n) is 8.57. The summed E-state index contributed by atoms with van der Waals surface area (Å²) < 4.78 is 5.35. The minimum absolute atomic E-state index is 0.235. The molecule has 0 heterocycles. The zero-order chi connectivity index (χ0) is 10.2. The van der Waals surface area contributed by atoms with Crippen molar-refractivity contribution in [3.63, 3.8) is 0 Å². The molecular weight excluding hydrogens is 174 g/mol. The summed E-state index contributed by atoms with van der Waals surface area (Å²) in [6.45, 7) is 0. The van der Waals surface area contributed by atoms with Crippen LogP contribution in [0.2, 0.25) is 0 Å². The maximum absolute atomic E-state index is 6.97. The summed E-state index contributed by atoms with van der Waals surface area (Å²) in [6.07, 6.45) is 4.33. The van der Waals surface area contributed by atoms with Crippen LogP contribution in [0.1, 0.15) is 18.4 Å². The molecule has 1 rings (SSSR count). The Morgan fingerprint density at radius 1 is 1.36 bits per heavy atom. The molecule has 1 aromatic rings. The van der Waals surface area contributed by atoms with Gasteiger partial charge < -0.3 is 10.1 Å². The fourth-order valence-corrected chi connectivity index (χ4v) is 1.45. The van der Waals surface area contributed by atoms with Gasteiger partial charge in [-0.15, -0.1) is 0 Å². The molecule has 0 saturated heterocycles. The van der Waals surface area contributed by atoms with Crippen LogP contribution in [-0.2, 0) is 11.2 Å². The number of hydrogen-bond acceptors (Lipinski definition) is 2. The molecule has 2 nitrogen and oxygen atoms in total. The first-order valence-electron chi connectivity index (χ1n) is 4.92. The highest BCUT2D eigenvalue weighted by Gasteiger charge is 2.06. The molecule has 1 N–H and O–H groups in total. The largest absolute Gasteiger partial charge is 0.381 e. The van der Waals surface area contributed by atoms with Crippen molar-refractivity contribution in [3.05, 3.63) is 35.9 Å². The second kappa shape index (κ2) is 6.33. The molecule has 0 aliphatic rings. The molecular formula is C12H17NO. The van der Waals surface area contributed by atoms with Crippen molar-refractivity contribution in [1.82, 2.24) is 0 Å². The third-order valence-electron chi connectivity index (χ3n) is 2.27. The average Bonchev–Trinajstić information content (AvgIpc) is 2.25. The summed E-state index contributed by atoms with van der Waals surface area (Å²) in [4.78, 5) is 0. The summed E-state index contributed by atoms with van der Waals surface area (Å²) in [5, 5.41) is 6.97. The van der Waals surface area contributed by atoms with Gasteiger partial charge in [0.15, 0.2) is 0 Å². The maximum Gasteiger partial charge on any atom is 0.0615 e. The van der Waals surface area contributed by atoms with Crippen molar-refractivity contribution in [1.29, 1.82) is 5.41 Å². The van der Waals surface area contributed by atoms with Crippen molar-refractivity contribution < 1.29 is 4.74 Å². The van der Waals surface area contributed by atoms with E-state index < -0.39 is 0 Å². The molecule has 1 atom stereocenters. The van der Waals surface area contributed by atoms with Crippen LogP contribution in [0, 0.1) is 5.41 Å². The van der Waals surface area contributed by atoms with E-state index in [-0.39, 0.29) is 6.10 Å². The van der Waals surface area contributed by atoms with Gasteiger partial charge in [-0.3, -0.25) is 0 Å². The van der Waals surface area contributed by atoms with Crippen LogP contribution < -0.4 is 0 Å². The topological polar surface area (TPSA) is 33.1 Å². The Hall–Kier alpha value is -1.15. The van der Waals surface area contributed by atoms with Gasteiger partial charge in [0.25, 0.3) is 0 Å². The van der Waals surface area contributed by atoms with Gasteiger partial charge in [-0.1, -0.05) is 30.3 Å². The molecule has 0 spiro atoms. The summed E-state index contributed by atoms with van der Waals surface area (Å²) in [5.74, 6) is 0. The van der Waals surface area contributed by atoms with E-state index in [2.05, 4.69) is 12.1 Å². The third kappa shape index (κ3) is 3.71. The average molecular weight is 191 g/mol. The Kier molecular flexibility index (Phi) is 4.94. The summed E-state index contributed by atoms with van der Waals surface area (Å²) in [7, 11) is 1.73. The standard InChI is InChI=1S/C12H17NO/c1-14-12(8-5-9-13)10-11-6-3-2-4-7-11/h2-4,6-7,9,12-13H,5,8,10H2,1H3. The van der Waals surface area contributed by atoms with Gasteiger partial charge >= 0.3 is 0 Å². The first-order chi connectivity index (χ1) is 6.86. The van der Waals surface area contributed by atoms with Crippen LogP contribution in [0.25, 0.3) is 0 Å². The number of rotatable bonds is 6. The van der Waals surface area contributed by atoms with Crippen molar-refractivity contribution >= 4 is 6.21 Å². The monoisotopic (exact) mass is 191 g/mol. The molecule has 0 fully saturated rings. The highest BCUT2D eigenvalue weighted by atomic mass is 16.5. The lowest BCUT2D eigenvalue weighted by Gasteiger charge is -2.13. The predicted octanol–water partition coefficient (Wildman–Crippen LogP) is 2.67. The molecule has 1 unspecified atom stereocenters. The van der Waals surface area contributed by atoms with E-state index in [1.54, 1.807) is 7.11 Å². The Labute approximate surface area is 85.4 Å². The molecule has 14 heavy (non-hydrogen) atoms. The van der Waals surface area contributed by atoms with Crippen LogP contribution in [0.15, 0.2) is 30.3 Å². The SMILES string of the molecule is COC(CCC=N)Cc1ccccc1. The van der Waals surface area contributed by atoms with Gasteiger partial charge in [0.2, 0.25) is 0 Å². The van der Waals surface area contributed by atoms with Gasteiger partial charge in [0, 0.05) is 7.11 Å². The molecule has 2 heteroatoms. The number of benzene rings is 1. The van der Waals surface area contributed by atoms with E-state index in [0.29, 0.717) is 0 Å². The lowest BCUT2D eigenvalue weighted by atomic mass is 10.0. The lowest BCUT2D eigenvalue weighted by molar-refractivity contribution is 0.0975. The number of methoxy groups -OCH3 is 1. The fourth-order valence-electron chi connectivity index (χ4n) is 1.45. The predicted molar refractivity (Wildman–Crippen MR) is 59.0 cm³/mol. The summed E-state index contributed by atoms with van der Waals surface area (Å²) >= 11 is 0. The molecule has 1 aromatic carbocycles. The highest BCUT2D eigenvalue weighted by Crippen LogP contribution is 2.09. The van der Waals surface area contributed by atoms with Crippen LogP contribution >= 0.6 is 0 Å². The normalized spacial score (nSPS) is 12.4. The molecule has 0 amide bonds. The van der Waals surface area contributed by atoms with Crippen LogP contribution in [-0.4, -0.2) is 19.4 Å². The van der Waals surface area contributed by atoms with E-state index in [1.165, 1.54) is 11.8 Å². The van der Waals surface area contributed by atoms with E-state index in [0.717, 1.165) is 19.3 Å². The molecule has 0 bridgehead atoms. The van der Waals surface area contributed by atoms with Gasteiger partial charge in [-0.05, 0) is 31.0 Å². The summed E-state index contributed by atoms with van der Waals surface area (Å²) in [5.41, 5.74) is 1.30. The molecule has 0 aromatic heterocycles. The van der Waals surface area contributed by atoms with Crippen molar-refractivity contribution in [2.24, 2.45) is 0 Å². The molecule has 0 radical (unpaired) electrons.